The van der Waals surface area contributed by atoms with E-state index in [4.69, 9.17) is 32.9 Å². The summed E-state index contributed by atoms with van der Waals surface area (Å²) in [7, 11) is 0. The van der Waals surface area contributed by atoms with Gasteiger partial charge in [-0.15, -0.1) is 11.7 Å². The number of rotatable bonds is 5. The number of halogens is 1. The average Bonchev–Trinajstić information content (AvgIpc) is 2.99. The number of allylic oxidation sites excluding steroid dienone is 1. The van der Waals surface area contributed by atoms with Crippen LogP contribution in [0.3, 0.4) is 0 Å². The molecule has 0 aliphatic carbocycles. The van der Waals surface area contributed by atoms with Gasteiger partial charge in [-0.1, -0.05) is 72.6 Å². The van der Waals surface area contributed by atoms with Crippen LogP contribution in [-0.2, 0) is 37.4 Å². The molecule has 1 aliphatic rings. The molecule has 0 saturated carbocycles. The predicted octanol–water partition coefficient (Wildman–Crippen LogP) is 4.71. The molecule has 3 rings (SSSR count). The van der Waals surface area contributed by atoms with Gasteiger partial charge in [-0.2, -0.15) is 0 Å². The monoisotopic (exact) mass is 522 g/mol. The van der Waals surface area contributed by atoms with Crippen LogP contribution in [0.1, 0.15) is 31.0 Å². The van der Waals surface area contributed by atoms with Crippen LogP contribution >= 0.6 is 11.6 Å². The van der Waals surface area contributed by atoms with E-state index in [0.717, 1.165) is 16.7 Å². The number of anilines is 1. The number of aliphatic hydroxyl groups excluding tert-OH is 3. The first kappa shape index (κ1) is 28.0. The van der Waals surface area contributed by atoms with E-state index in [0.29, 0.717) is 10.7 Å². The molecule has 1 aliphatic heterocycles. The SMILES string of the molecule is C=C(C)c1cccc(C(C)[NH-])c1.[NH-]c1ccc(Cl)c(NC2OC(CO)C(O)C2O)c1.[Y]. The maximum absolute atomic E-state index is 9.74. The topological polar surface area (TPSA) is 130 Å². The maximum atomic E-state index is 9.74. The first-order chi connectivity index (χ1) is 14.1. The Kier molecular flexibility index (Phi) is 11.6. The Labute approximate surface area is 213 Å². The van der Waals surface area contributed by atoms with Crippen molar-refractivity contribution in [1.29, 1.82) is 0 Å². The van der Waals surface area contributed by atoms with Crippen LogP contribution in [0.15, 0.2) is 49.0 Å². The minimum atomic E-state index is -1.17. The fourth-order valence-electron chi connectivity index (χ4n) is 2.88. The molecule has 0 bridgehead atoms. The Morgan fingerprint density at radius 3 is 2.45 bits per heavy atom. The summed E-state index contributed by atoms with van der Waals surface area (Å²) < 4.78 is 5.25. The van der Waals surface area contributed by atoms with Crippen molar-refractivity contribution in [2.75, 3.05) is 11.9 Å². The summed E-state index contributed by atoms with van der Waals surface area (Å²) in [5.41, 5.74) is 18.9. The van der Waals surface area contributed by atoms with Gasteiger partial charge in [0.15, 0.2) is 6.23 Å². The van der Waals surface area contributed by atoms with Gasteiger partial charge in [0.25, 0.3) is 0 Å². The fourth-order valence-corrected chi connectivity index (χ4v) is 3.05. The number of nitrogens with one attached hydrogen (secondary N) is 3. The second-order valence-electron chi connectivity index (χ2n) is 7.23. The summed E-state index contributed by atoms with van der Waals surface area (Å²) in [5.74, 6) is 0. The Morgan fingerprint density at radius 2 is 1.90 bits per heavy atom. The second kappa shape index (κ2) is 12.9. The van der Waals surface area contributed by atoms with Crippen LogP contribution in [0.25, 0.3) is 17.0 Å². The number of ether oxygens (including phenoxy) is 1. The molecular formula is C22H28ClN3O4Y-2. The average molecular weight is 523 g/mol. The first-order valence-electron chi connectivity index (χ1n) is 9.51. The Morgan fingerprint density at radius 1 is 1.23 bits per heavy atom. The molecule has 167 valence electrons. The quantitative estimate of drug-likeness (QED) is 0.452. The molecule has 1 saturated heterocycles. The largest absolute Gasteiger partial charge is 0.699 e. The van der Waals surface area contributed by atoms with Gasteiger partial charge < -0.3 is 36.8 Å². The van der Waals surface area contributed by atoms with Crippen LogP contribution in [0.5, 0.6) is 0 Å². The molecule has 1 radical (unpaired) electrons. The molecule has 5 atom stereocenters. The number of hydrogen-bond donors (Lipinski definition) is 4. The fraction of sp³-hybridized carbons (Fsp3) is 0.364. The standard InChI is InChI=1S/C11H14ClN2O4.C11H14N.Y/c12-6-2-1-5(13)3-7(6)14-11-10(17)9(16)8(4-15)18-11;1-8(2)10-5-4-6-11(7-10)9(3)12;/h1-3,8-11,13-17H,4H2;4-7,9,12H,1H2,2-3H3;/q2*-1;. The summed E-state index contributed by atoms with van der Waals surface area (Å²) in [5, 5.41) is 31.5. The Hall–Kier alpha value is -1.03. The van der Waals surface area contributed by atoms with Crippen molar-refractivity contribution in [2.45, 2.75) is 44.4 Å². The molecular weight excluding hydrogens is 495 g/mol. The van der Waals surface area contributed by atoms with Crippen molar-refractivity contribution in [3.05, 3.63) is 76.7 Å². The minimum Gasteiger partial charge on any atom is -0.699 e. The molecule has 6 N–H and O–H groups in total. The van der Waals surface area contributed by atoms with Gasteiger partial charge >= 0.3 is 0 Å². The number of aliphatic hydroxyl groups is 3. The van der Waals surface area contributed by atoms with E-state index in [1.54, 1.807) is 6.07 Å². The molecule has 31 heavy (non-hydrogen) atoms. The van der Waals surface area contributed by atoms with Crippen LogP contribution in [-0.4, -0.2) is 46.5 Å². The molecule has 0 amide bonds. The van der Waals surface area contributed by atoms with Crippen LogP contribution in [0.2, 0.25) is 5.02 Å². The van der Waals surface area contributed by atoms with Crippen molar-refractivity contribution in [3.63, 3.8) is 0 Å². The zero-order valence-corrected chi connectivity index (χ0v) is 21.1. The molecule has 2 aromatic carbocycles. The van der Waals surface area contributed by atoms with E-state index in [1.807, 2.05) is 38.1 Å². The molecule has 9 heteroatoms. The molecule has 0 spiro atoms. The van der Waals surface area contributed by atoms with Crippen molar-refractivity contribution < 1.29 is 52.8 Å². The summed E-state index contributed by atoms with van der Waals surface area (Å²) in [6.07, 6.45) is -4.05. The molecule has 2 aromatic rings. The van der Waals surface area contributed by atoms with Crippen molar-refractivity contribution in [3.8, 4) is 0 Å². The normalized spacial score (nSPS) is 23.2. The second-order valence-corrected chi connectivity index (χ2v) is 7.63. The summed E-state index contributed by atoms with van der Waals surface area (Å²) in [6, 6.07) is 12.4. The number of hydrogen-bond acceptors (Lipinski definition) is 5. The zero-order valence-electron chi connectivity index (χ0n) is 17.5. The van der Waals surface area contributed by atoms with Crippen molar-refractivity contribution in [2.24, 2.45) is 0 Å². The van der Waals surface area contributed by atoms with Crippen molar-refractivity contribution in [1.82, 2.24) is 0 Å². The molecule has 1 fully saturated rings. The van der Waals surface area contributed by atoms with E-state index in [-0.39, 0.29) is 51.0 Å². The van der Waals surface area contributed by atoms with Gasteiger partial charge in [0.2, 0.25) is 0 Å². The van der Waals surface area contributed by atoms with Crippen LogP contribution in [0.4, 0.5) is 11.4 Å². The third-order valence-corrected chi connectivity index (χ3v) is 5.02. The van der Waals surface area contributed by atoms with Gasteiger partial charge in [0.05, 0.1) is 17.3 Å². The molecule has 5 unspecified atom stereocenters. The first-order valence-corrected chi connectivity index (χ1v) is 9.89. The van der Waals surface area contributed by atoms with Crippen LogP contribution < -0.4 is 5.32 Å². The van der Waals surface area contributed by atoms with Gasteiger partial charge in [0.1, 0.15) is 18.3 Å². The van der Waals surface area contributed by atoms with Gasteiger partial charge in [-0.05, 0) is 18.6 Å². The molecule has 1 heterocycles. The van der Waals surface area contributed by atoms with E-state index < -0.39 is 24.5 Å². The third-order valence-electron chi connectivity index (χ3n) is 4.69. The summed E-state index contributed by atoms with van der Waals surface area (Å²) >= 11 is 5.93. The summed E-state index contributed by atoms with van der Waals surface area (Å²) in [4.78, 5) is 0. The third kappa shape index (κ3) is 7.80. The van der Waals surface area contributed by atoms with E-state index in [2.05, 4.69) is 11.9 Å². The smallest absolute Gasteiger partial charge is 0.157 e. The van der Waals surface area contributed by atoms with E-state index in [1.165, 1.54) is 12.1 Å². The Bertz CT molecular complexity index is 868. The maximum Gasteiger partial charge on any atom is 0.157 e. The number of benzene rings is 2. The zero-order chi connectivity index (χ0) is 22.4. The van der Waals surface area contributed by atoms with Crippen molar-refractivity contribution >= 4 is 28.5 Å². The van der Waals surface area contributed by atoms with E-state index in [9.17, 15) is 10.2 Å². The van der Waals surface area contributed by atoms with E-state index >= 15 is 0 Å². The van der Waals surface area contributed by atoms with Gasteiger partial charge in [0, 0.05) is 32.7 Å². The minimum absolute atomic E-state index is 0. The molecule has 0 aromatic heterocycles. The Balaban J connectivity index is 0.000000324. The van der Waals surface area contributed by atoms with Gasteiger partial charge in [-0.25, -0.2) is 0 Å². The van der Waals surface area contributed by atoms with Gasteiger partial charge in [-0.3, -0.25) is 0 Å². The summed E-state index contributed by atoms with van der Waals surface area (Å²) in [6.45, 7) is 7.33. The molecule has 7 nitrogen and oxygen atoms in total. The van der Waals surface area contributed by atoms with Crippen LogP contribution in [0, 0.1) is 0 Å². The predicted molar refractivity (Wildman–Crippen MR) is 121 cm³/mol.